The van der Waals surface area contributed by atoms with Gasteiger partial charge in [0.15, 0.2) is 0 Å². The van der Waals surface area contributed by atoms with E-state index in [0.29, 0.717) is 6.04 Å². The SMILES string of the molecule is NCCN1CCC(Nc2cnccn2)CC1. The third-order valence-corrected chi connectivity index (χ3v) is 2.95. The first kappa shape index (κ1) is 11.3. The Morgan fingerprint density at radius 1 is 1.38 bits per heavy atom. The highest BCUT2D eigenvalue weighted by molar-refractivity contribution is 5.31. The quantitative estimate of drug-likeness (QED) is 0.766. The fraction of sp³-hybridized carbons (Fsp3) is 0.636. The van der Waals surface area contributed by atoms with E-state index in [1.807, 2.05) is 0 Å². The molecular weight excluding hydrogens is 202 g/mol. The highest BCUT2D eigenvalue weighted by Gasteiger charge is 2.18. The van der Waals surface area contributed by atoms with Gasteiger partial charge >= 0.3 is 0 Å². The average molecular weight is 221 g/mol. The van der Waals surface area contributed by atoms with Crippen molar-refractivity contribution in [3.63, 3.8) is 0 Å². The van der Waals surface area contributed by atoms with Gasteiger partial charge in [-0.25, -0.2) is 4.98 Å². The summed E-state index contributed by atoms with van der Waals surface area (Å²) in [6.45, 7) is 4.00. The summed E-state index contributed by atoms with van der Waals surface area (Å²) in [6.07, 6.45) is 7.47. The Kier molecular flexibility index (Phi) is 4.07. The Hall–Kier alpha value is -1.20. The number of nitrogens with one attached hydrogen (secondary N) is 1. The number of hydrogen-bond acceptors (Lipinski definition) is 5. The zero-order valence-electron chi connectivity index (χ0n) is 9.47. The predicted octanol–water partition coefficient (Wildman–Crippen LogP) is 0.312. The molecule has 0 unspecified atom stereocenters. The Labute approximate surface area is 96.1 Å². The third kappa shape index (κ3) is 3.15. The summed E-state index contributed by atoms with van der Waals surface area (Å²) in [7, 11) is 0. The molecule has 0 bridgehead atoms. The molecule has 0 aromatic carbocycles. The molecule has 0 radical (unpaired) electrons. The van der Waals surface area contributed by atoms with Crippen molar-refractivity contribution in [2.45, 2.75) is 18.9 Å². The first-order valence-electron chi connectivity index (χ1n) is 5.83. The molecule has 3 N–H and O–H groups in total. The highest BCUT2D eigenvalue weighted by Crippen LogP contribution is 2.13. The second-order valence-corrected chi connectivity index (χ2v) is 4.14. The van der Waals surface area contributed by atoms with Gasteiger partial charge in [-0.3, -0.25) is 4.98 Å². The lowest BCUT2D eigenvalue weighted by atomic mass is 10.1. The number of rotatable bonds is 4. The molecule has 0 spiro atoms. The fourth-order valence-electron chi connectivity index (χ4n) is 2.07. The molecule has 1 saturated heterocycles. The van der Waals surface area contributed by atoms with Crippen LogP contribution in [-0.2, 0) is 0 Å². The average Bonchev–Trinajstić information content (AvgIpc) is 2.33. The van der Waals surface area contributed by atoms with Crippen molar-refractivity contribution >= 4 is 5.82 Å². The van der Waals surface area contributed by atoms with Crippen LogP contribution in [-0.4, -0.2) is 47.1 Å². The molecule has 16 heavy (non-hydrogen) atoms. The minimum Gasteiger partial charge on any atom is -0.366 e. The van der Waals surface area contributed by atoms with Crippen molar-refractivity contribution < 1.29 is 0 Å². The molecule has 1 fully saturated rings. The van der Waals surface area contributed by atoms with Crippen LogP contribution in [0.4, 0.5) is 5.82 Å². The molecule has 0 aliphatic carbocycles. The van der Waals surface area contributed by atoms with Crippen LogP contribution in [0.15, 0.2) is 18.6 Å². The molecule has 1 aromatic rings. The van der Waals surface area contributed by atoms with E-state index in [1.54, 1.807) is 18.6 Å². The first-order valence-corrected chi connectivity index (χ1v) is 5.83. The smallest absolute Gasteiger partial charge is 0.144 e. The van der Waals surface area contributed by atoms with Crippen molar-refractivity contribution in [3.8, 4) is 0 Å². The van der Waals surface area contributed by atoms with Crippen LogP contribution in [0.5, 0.6) is 0 Å². The minimum absolute atomic E-state index is 0.519. The van der Waals surface area contributed by atoms with Crippen LogP contribution < -0.4 is 11.1 Å². The number of nitrogens with zero attached hydrogens (tertiary/aromatic N) is 3. The maximum Gasteiger partial charge on any atom is 0.144 e. The van der Waals surface area contributed by atoms with Crippen LogP contribution in [0.2, 0.25) is 0 Å². The van der Waals surface area contributed by atoms with Crippen LogP contribution in [0, 0.1) is 0 Å². The molecule has 1 aromatic heterocycles. The van der Waals surface area contributed by atoms with Crippen LogP contribution in [0.1, 0.15) is 12.8 Å². The highest BCUT2D eigenvalue weighted by atomic mass is 15.2. The molecule has 88 valence electrons. The Balaban J connectivity index is 1.77. The number of anilines is 1. The van der Waals surface area contributed by atoms with E-state index in [1.165, 1.54) is 0 Å². The van der Waals surface area contributed by atoms with E-state index in [4.69, 9.17) is 5.73 Å². The summed E-state index contributed by atoms with van der Waals surface area (Å²) >= 11 is 0. The summed E-state index contributed by atoms with van der Waals surface area (Å²) < 4.78 is 0. The third-order valence-electron chi connectivity index (χ3n) is 2.95. The molecule has 5 nitrogen and oxygen atoms in total. The van der Waals surface area contributed by atoms with E-state index < -0.39 is 0 Å². The largest absolute Gasteiger partial charge is 0.366 e. The van der Waals surface area contributed by atoms with Gasteiger partial charge in [-0.1, -0.05) is 0 Å². The summed E-state index contributed by atoms with van der Waals surface area (Å²) in [5.41, 5.74) is 5.54. The number of piperidine rings is 1. The summed E-state index contributed by atoms with van der Waals surface area (Å²) in [6, 6.07) is 0.519. The zero-order valence-corrected chi connectivity index (χ0v) is 9.47. The van der Waals surface area contributed by atoms with Crippen molar-refractivity contribution in [3.05, 3.63) is 18.6 Å². The lowest BCUT2D eigenvalue weighted by molar-refractivity contribution is 0.224. The molecular formula is C11H19N5. The number of likely N-dealkylation sites (tertiary alicyclic amines) is 1. The van der Waals surface area contributed by atoms with Gasteiger partial charge in [0.2, 0.25) is 0 Å². The monoisotopic (exact) mass is 221 g/mol. The van der Waals surface area contributed by atoms with Gasteiger partial charge in [-0.15, -0.1) is 0 Å². The molecule has 5 heteroatoms. The normalized spacial score (nSPS) is 18.6. The van der Waals surface area contributed by atoms with E-state index >= 15 is 0 Å². The second-order valence-electron chi connectivity index (χ2n) is 4.14. The minimum atomic E-state index is 0.519. The van der Waals surface area contributed by atoms with Gasteiger partial charge in [0, 0.05) is 44.6 Å². The summed E-state index contributed by atoms with van der Waals surface area (Å²) in [5.74, 6) is 0.875. The van der Waals surface area contributed by atoms with Gasteiger partial charge in [0.1, 0.15) is 5.82 Å². The molecule has 0 amide bonds. The number of nitrogens with two attached hydrogens (primary N) is 1. The number of hydrogen-bond donors (Lipinski definition) is 2. The van der Waals surface area contributed by atoms with E-state index in [-0.39, 0.29) is 0 Å². The standard InChI is InChI=1S/C11H19N5/c12-3-8-16-6-1-10(2-7-16)15-11-9-13-4-5-14-11/h4-5,9-10H,1-3,6-8,12H2,(H,14,15). The molecule has 2 rings (SSSR count). The van der Waals surface area contributed by atoms with Crippen molar-refractivity contribution in [1.82, 2.24) is 14.9 Å². The molecule has 2 heterocycles. The molecule has 1 aliphatic rings. The van der Waals surface area contributed by atoms with E-state index in [0.717, 1.165) is 44.8 Å². The fourth-order valence-corrected chi connectivity index (χ4v) is 2.07. The van der Waals surface area contributed by atoms with Crippen LogP contribution in [0.25, 0.3) is 0 Å². The first-order chi connectivity index (χ1) is 7.88. The Bertz CT molecular complexity index is 295. The van der Waals surface area contributed by atoms with Gasteiger partial charge < -0.3 is 16.0 Å². The van der Waals surface area contributed by atoms with Crippen LogP contribution in [0.3, 0.4) is 0 Å². The lowest BCUT2D eigenvalue weighted by Crippen LogP contribution is -2.41. The van der Waals surface area contributed by atoms with E-state index in [2.05, 4.69) is 20.2 Å². The Morgan fingerprint density at radius 2 is 2.19 bits per heavy atom. The maximum atomic E-state index is 5.54. The van der Waals surface area contributed by atoms with Crippen LogP contribution >= 0.6 is 0 Å². The summed E-state index contributed by atoms with van der Waals surface area (Å²) in [4.78, 5) is 10.7. The Morgan fingerprint density at radius 3 is 2.81 bits per heavy atom. The van der Waals surface area contributed by atoms with Gasteiger partial charge in [0.25, 0.3) is 0 Å². The second kappa shape index (κ2) is 5.77. The van der Waals surface area contributed by atoms with Gasteiger partial charge in [0.05, 0.1) is 6.20 Å². The predicted molar refractivity (Wildman–Crippen MR) is 64.2 cm³/mol. The van der Waals surface area contributed by atoms with Crippen molar-refractivity contribution in [2.24, 2.45) is 5.73 Å². The lowest BCUT2D eigenvalue weighted by Gasteiger charge is -2.32. The summed E-state index contributed by atoms with van der Waals surface area (Å²) in [5, 5.41) is 3.41. The number of aromatic nitrogens is 2. The molecule has 1 aliphatic heterocycles. The van der Waals surface area contributed by atoms with E-state index in [9.17, 15) is 0 Å². The van der Waals surface area contributed by atoms with Gasteiger partial charge in [-0.2, -0.15) is 0 Å². The van der Waals surface area contributed by atoms with Crippen molar-refractivity contribution in [2.75, 3.05) is 31.5 Å². The zero-order chi connectivity index (χ0) is 11.2. The topological polar surface area (TPSA) is 67.1 Å². The van der Waals surface area contributed by atoms with Crippen molar-refractivity contribution in [1.29, 1.82) is 0 Å². The molecule has 0 saturated carbocycles. The van der Waals surface area contributed by atoms with Gasteiger partial charge in [-0.05, 0) is 12.8 Å². The maximum absolute atomic E-state index is 5.54. The molecule has 0 atom stereocenters.